The second kappa shape index (κ2) is 7.14. The van der Waals surface area contributed by atoms with Crippen molar-refractivity contribution in [3.05, 3.63) is 34.3 Å². The first-order valence-corrected chi connectivity index (χ1v) is 6.63. The molecule has 0 unspecified atom stereocenters. The van der Waals surface area contributed by atoms with Gasteiger partial charge in [-0.2, -0.15) is 0 Å². The molecule has 0 radical (unpaired) electrons. The minimum Gasteiger partial charge on any atom is -0.480 e. The van der Waals surface area contributed by atoms with E-state index in [1.807, 2.05) is 6.92 Å². The molecule has 0 bridgehead atoms. The summed E-state index contributed by atoms with van der Waals surface area (Å²) in [5, 5.41) is 12.1. The van der Waals surface area contributed by atoms with Crippen LogP contribution in [0.25, 0.3) is 0 Å². The van der Waals surface area contributed by atoms with E-state index < -0.39 is 17.9 Å². The summed E-state index contributed by atoms with van der Waals surface area (Å²) in [4.78, 5) is 23.1. The Balaban J connectivity index is 2.81. The Hall–Kier alpha value is -1.55. The molecule has 0 aliphatic heterocycles. The second-order valence-electron chi connectivity index (χ2n) is 4.47. The summed E-state index contributed by atoms with van der Waals surface area (Å²) >= 11 is 5.85. The van der Waals surface area contributed by atoms with Gasteiger partial charge in [0.05, 0.1) is 0 Å². The zero-order chi connectivity index (χ0) is 14.4. The average Bonchev–Trinajstić information content (AvgIpc) is 2.36. The number of hydrogen-bond donors (Lipinski definition) is 2. The lowest BCUT2D eigenvalue weighted by Crippen LogP contribution is -2.41. The summed E-state index contributed by atoms with van der Waals surface area (Å²) < 4.78 is 0. The minimum atomic E-state index is -1.01. The number of aryl methyl sites for hydroxylation is 1. The molecule has 0 fully saturated rings. The summed E-state index contributed by atoms with van der Waals surface area (Å²) in [5.41, 5.74) is 1.18. The largest absolute Gasteiger partial charge is 0.480 e. The summed E-state index contributed by atoms with van der Waals surface area (Å²) in [6.07, 6.45) is 2.07. The van der Waals surface area contributed by atoms with Crippen molar-refractivity contribution in [3.63, 3.8) is 0 Å². The smallest absolute Gasteiger partial charge is 0.326 e. The molecule has 5 heteroatoms. The van der Waals surface area contributed by atoms with Crippen LogP contribution in [-0.4, -0.2) is 23.0 Å². The van der Waals surface area contributed by atoms with Gasteiger partial charge in [0.2, 0.25) is 0 Å². The van der Waals surface area contributed by atoms with E-state index in [2.05, 4.69) is 5.32 Å². The second-order valence-corrected chi connectivity index (χ2v) is 4.90. The van der Waals surface area contributed by atoms with E-state index in [0.29, 0.717) is 17.0 Å². The summed E-state index contributed by atoms with van der Waals surface area (Å²) in [7, 11) is 0. The number of carbonyl (C=O) groups excluding carboxylic acids is 1. The summed E-state index contributed by atoms with van der Waals surface area (Å²) in [6.45, 7) is 3.76. The van der Waals surface area contributed by atoms with Crippen molar-refractivity contribution >= 4 is 23.5 Å². The lowest BCUT2D eigenvalue weighted by molar-refractivity contribution is -0.139. The lowest BCUT2D eigenvalue weighted by Gasteiger charge is -2.15. The number of aliphatic carboxylic acids is 1. The Bertz CT molecular complexity index is 474. The van der Waals surface area contributed by atoms with Gasteiger partial charge in [0.25, 0.3) is 5.91 Å². The van der Waals surface area contributed by atoms with Gasteiger partial charge in [0.1, 0.15) is 6.04 Å². The fourth-order valence-corrected chi connectivity index (χ4v) is 1.91. The van der Waals surface area contributed by atoms with Gasteiger partial charge in [-0.15, -0.1) is 0 Å². The molecule has 2 N–H and O–H groups in total. The molecule has 1 rings (SSSR count). The molecule has 0 saturated carbocycles. The van der Waals surface area contributed by atoms with Crippen molar-refractivity contribution in [3.8, 4) is 0 Å². The van der Waals surface area contributed by atoms with E-state index in [1.54, 1.807) is 25.1 Å². The average molecular weight is 284 g/mol. The molecule has 1 aromatic carbocycles. The molecule has 0 aliphatic rings. The van der Waals surface area contributed by atoms with Gasteiger partial charge >= 0.3 is 5.97 Å². The Kier molecular flexibility index (Phi) is 5.83. The van der Waals surface area contributed by atoms with Crippen LogP contribution in [0.15, 0.2) is 18.2 Å². The number of carbonyl (C=O) groups is 2. The van der Waals surface area contributed by atoms with Gasteiger partial charge in [-0.25, -0.2) is 4.79 Å². The number of rotatable bonds is 6. The molecule has 0 saturated heterocycles. The highest BCUT2D eigenvalue weighted by Crippen LogP contribution is 2.15. The van der Waals surface area contributed by atoms with E-state index in [-0.39, 0.29) is 0 Å². The monoisotopic (exact) mass is 283 g/mol. The highest BCUT2D eigenvalue weighted by atomic mass is 35.5. The molecular weight excluding hydrogens is 266 g/mol. The van der Waals surface area contributed by atoms with Crippen molar-refractivity contribution in [2.75, 3.05) is 0 Å². The first-order valence-electron chi connectivity index (χ1n) is 6.25. The first kappa shape index (κ1) is 15.5. The van der Waals surface area contributed by atoms with Crippen LogP contribution in [0.3, 0.4) is 0 Å². The molecule has 0 heterocycles. The SMILES string of the molecule is CCCC[C@H](NC(=O)c1cc(Cl)ccc1C)C(=O)O. The Labute approximate surface area is 117 Å². The first-order chi connectivity index (χ1) is 8.95. The number of unbranched alkanes of at least 4 members (excludes halogenated alkanes) is 1. The number of carboxylic acids is 1. The van der Waals surface area contributed by atoms with Gasteiger partial charge in [0.15, 0.2) is 0 Å². The van der Waals surface area contributed by atoms with Crippen LogP contribution in [0.2, 0.25) is 5.02 Å². The minimum absolute atomic E-state index is 0.400. The van der Waals surface area contributed by atoms with Crippen molar-refractivity contribution in [2.24, 2.45) is 0 Å². The van der Waals surface area contributed by atoms with E-state index >= 15 is 0 Å². The zero-order valence-corrected chi connectivity index (χ0v) is 11.8. The Morgan fingerprint density at radius 1 is 1.42 bits per heavy atom. The van der Waals surface area contributed by atoms with Crippen LogP contribution in [0, 0.1) is 6.92 Å². The van der Waals surface area contributed by atoms with Crippen molar-refractivity contribution in [2.45, 2.75) is 39.2 Å². The molecule has 0 aliphatic carbocycles. The molecule has 1 aromatic rings. The summed E-state index contributed by atoms with van der Waals surface area (Å²) in [5.74, 6) is -1.41. The van der Waals surface area contributed by atoms with E-state index in [4.69, 9.17) is 16.7 Å². The Morgan fingerprint density at radius 3 is 2.68 bits per heavy atom. The highest BCUT2D eigenvalue weighted by Gasteiger charge is 2.20. The fourth-order valence-electron chi connectivity index (χ4n) is 1.74. The van der Waals surface area contributed by atoms with Gasteiger partial charge < -0.3 is 10.4 Å². The van der Waals surface area contributed by atoms with E-state index in [0.717, 1.165) is 18.4 Å². The molecular formula is C14H18ClNO3. The molecule has 1 amide bonds. The standard InChI is InChI=1S/C14H18ClNO3/c1-3-4-5-12(14(18)19)16-13(17)11-8-10(15)7-6-9(11)2/h6-8,12H,3-5H2,1-2H3,(H,16,17)(H,18,19)/t12-/m0/s1. The van der Waals surface area contributed by atoms with Gasteiger partial charge in [-0.1, -0.05) is 37.4 Å². The quantitative estimate of drug-likeness (QED) is 0.843. The highest BCUT2D eigenvalue weighted by molar-refractivity contribution is 6.31. The van der Waals surface area contributed by atoms with Crippen molar-refractivity contribution < 1.29 is 14.7 Å². The molecule has 0 spiro atoms. The zero-order valence-electron chi connectivity index (χ0n) is 11.1. The molecule has 104 valence electrons. The van der Waals surface area contributed by atoms with Gasteiger partial charge in [0, 0.05) is 10.6 Å². The number of halogens is 1. The van der Waals surface area contributed by atoms with Crippen molar-refractivity contribution in [1.29, 1.82) is 0 Å². The molecule has 4 nitrogen and oxygen atoms in total. The maximum Gasteiger partial charge on any atom is 0.326 e. The van der Waals surface area contributed by atoms with Gasteiger partial charge in [-0.3, -0.25) is 4.79 Å². The topological polar surface area (TPSA) is 66.4 Å². The lowest BCUT2D eigenvalue weighted by atomic mass is 10.1. The number of amides is 1. The van der Waals surface area contributed by atoms with Gasteiger partial charge in [-0.05, 0) is 31.0 Å². The molecule has 19 heavy (non-hydrogen) atoms. The third-order valence-electron chi connectivity index (χ3n) is 2.89. The normalized spacial score (nSPS) is 11.9. The fraction of sp³-hybridized carbons (Fsp3) is 0.429. The van der Waals surface area contributed by atoms with E-state index in [1.165, 1.54) is 0 Å². The predicted molar refractivity (Wildman–Crippen MR) is 74.6 cm³/mol. The third kappa shape index (κ3) is 4.56. The third-order valence-corrected chi connectivity index (χ3v) is 3.13. The number of benzene rings is 1. The van der Waals surface area contributed by atoms with E-state index in [9.17, 15) is 9.59 Å². The molecule has 1 atom stereocenters. The van der Waals surface area contributed by atoms with Crippen LogP contribution in [0.1, 0.15) is 42.1 Å². The number of nitrogens with one attached hydrogen (secondary N) is 1. The Morgan fingerprint density at radius 2 is 2.11 bits per heavy atom. The predicted octanol–water partition coefficient (Wildman–Crippen LogP) is 3.02. The number of hydrogen-bond acceptors (Lipinski definition) is 2. The van der Waals surface area contributed by atoms with Crippen LogP contribution in [-0.2, 0) is 4.79 Å². The number of carboxylic acid groups (broad SMARTS) is 1. The van der Waals surface area contributed by atoms with Crippen molar-refractivity contribution in [1.82, 2.24) is 5.32 Å². The van der Waals surface area contributed by atoms with Crippen LogP contribution < -0.4 is 5.32 Å². The maximum absolute atomic E-state index is 12.1. The maximum atomic E-state index is 12.1. The molecule has 0 aromatic heterocycles. The van der Waals surface area contributed by atoms with Crippen LogP contribution in [0.4, 0.5) is 0 Å². The van der Waals surface area contributed by atoms with Crippen LogP contribution >= 0.6 is 11.6 Å². The van der Waals surface area contributed by atoms with Crippen LogP contribution in [0.5, 0.6) is 0 Å². The summed E-state index contributed by atoms with van der Waals surface area (Å²) in [6, 6.07) is 4.12.